The second kappa shape index (κ2) is 5.83. The van der Waals surface area contributed by atoms with E-state index in [2.05, 4.69) is 0 Å². The molecule has 0 aliphatic carbocycles. The molecular weight excluding hydrogens is 254 g/mol. The van der Waals surface area contributed by atoms with Gasteiger partial charge in [-0.15, -0.1) is 0 Å². The molecule has 0 saturated carbocycles. The normalized spacial score (nSPS) is 16.9. The number of carbonyl (C=O) groups is 1. The Hall–Kier alpha value is -1.55. The summed E-state index contributed by atoms with van der Waals surface area (Å²) in [5.74, 6) is 1.10. The molecule has 1 aromatic carbocycles. The summed E-state index contributed by atoms with van der Waals surface area (Å²) in [6.07, 6.45) is 1.12. The van der Waals surface area contributed by atoms with Gasteiger partial charge in [-0.1, -0.05) is 32.0 Å². The average Bonchev–Trinajstić information content (AvgIpc) is 2.41. The monoisotopic (exact) mass is 277 g/mol. The van der Waals surface area contributed by atoms with E-state index in [0.717, 1.165) is 11.3 Å². The fraction of sp³-hybridized carbons (Fsp3) is 0.562. The Morgan fingerprint density at radius 1 is 1.40 bits per heavy atom. The lowest BCUT2D eigenvalue weighted by Gasteiger charge is -2.49. The maximum atomic E-state index is 12.1. The Labute approximate surface area is 120 Å². The van der Waals surface area contributed by atoms with E-state index < -0.39 is 5.60 Å². The van der Waals surface area contributed by atoms with Gasteiger partial charge in [-0.05, 0) is 24.0 Å². The number of ether oxygens (including phenoxy) is 1. The zero-order valence-corrected chi connectivity index (χ0v) is 12.4. The molecule has 4 nitrogen and oxygen atoms in total. The molecule has 4 heteroatoms. The van der Waals surface area contributed by atoms with Gasteiger partial charge in [-0.3, -0.25) is 4.79 Å². The number of amides is 1. The van der Waals surface area contributed by atoms with Crippen molar-refractivity contribution in [3.8, 4) is 5.75 Å². The predicted octanol–water partition coefficient (Wildman–Crippen LogP) is 1.86. The van der Waals surface area contributed by atoms with Crippen molar-refractivity contribution < 1.29 is 14.6 Å². The highest BCUT2D eigenvalue weighted by molar-refractivity contribution is 5.77. The smallest absolute Gasteiger partial charge is 0.223 e. The Morgan fingerprint density at radius 3 is 2.65 bits per heavy atom. The summed E-state index contributed by atoms with van der Waals surface area (Å²) in [6.45, 7) is 4.87. The van der Waals surface area contributed by atoms with E-state index in [0.29, 0.717) is 25.9 Å². The molecule has 0 atom stereocenters. The SMILES string of the molecule is COc1ccccc1CCC(=O)N1CC(O)(C(C)C)C1. The number of para-hydroxylation sites is 1. The number of hydrogen-bond acceptors (Lipinski definition) is 3. The van der Waals surface area contributed by atoms with Crippen LogP contribution in [-0.4, -0.2) is 41.7 Å². The Kier molecular flexibility index (Phi) is 4.33. The van der Waals surface area contributed by atoms with Crippen molar-refractivity contribution in [1.82, 2.24) is 4.90 Å². The molecule has 1 saturated heterocycles. The van der Waals surface area contributed by atoms with Crippen LogP contribution in [0.5, 0.6) is 5.75 Å². The Morgan fingerprint density at radius 2 is 2.05 bits per heavy atom. The van der Waals surface area contributed by atoms with Crippen molar-refractivity contribution in [2.75, 3.05) is 20.2 Å². The number of methoxy groups -OCH3 is 1. The van der Waals surface area contributed by atoms with Gasteiger partial charge < -0.3 is 14.7 Å². The number of aliphatic hydroxyl groups is 1. The third kappa shape index (κ3) is 2.96. The standard InChI is InChI=1S/C16H23NO3/c1-12(2)16(19)10-17(11-16)15(18)9-8-13-6-4-5-7-14(13)20-3/h4-7,12,19H,8-11H2,1-3H3. The Bertz CT molecular complexity index is 478. The number of carbonyl (C=O) groups excluding carboxylic acids is 1. The van der Waals surface area contributed by atoms with E-state index in [1.165, 1.54) is 0 Å². The van der Waals surface area contributed by atoms with Crippen molar-refractivity contribution in [2.45, 2.75) is 32.3 Å². The maximum absolute atomic E-state index is 12.1. The van der Waals surface area contributed by atoms with Crippen LogP contribution in [0.4, 0.5) is 0 Å². The van der Waals surface area contributed by atoms with Crippen LogP contribution in [0.15, 0.2) is 24.3 Å². The van der Waals surface area contributed by atoms with E-state index in [9.17, 15) is 9.90 Å². The van der Waals surface area contributed by atoms with Crippen LogP contribution >= 0.6 is 0 Å². The first-order valence-electron chi connectivity index (χ1n) is 7.08. The first-order valence-corrected chi connectivity index (χ1v) is 7.08. The average molecular weight is 277 g/mol. The van der Waals surface area contributed by atoms with Gasteiger partial charge >= 0.3 is 0 Å². The molecule has 1 N–H and O–H groups in total. The number of β-amino-alcohol motifs (C(OH)–C–C–N with tert-alkyl or cyclic N) is 1. The van der Waals surface area contributed by atoms with Gasteiger partial charge in [0.1, 0.15) is 11.4 Å². The lowest BCUT2D eigenvalue weighted by atomic mass is 9.83. The van der Waals surface area contributed by atoms with E-state index in [-0.39, 0.29) is 11.8 Å². The molecule has 0 aromatic heterocycles. The van der Waals surface area contributed by atoms with Crippen LogP contribution in [-0.2, 0) is 11.2 Å². The molecule has 0 unspecified atom stereocenters. The minimum absolute atomic E-state index is 0.0984. The van der Waals surface area contributed by atoms with Gasteiger partial charge in [0.2, 0.25) is 5.91 Å². The minimum atomic E-state index is -0.694. The lowest BCUT2D eigenvalue weighted by molar-refractivity contribution is -0.163. The third-order valence-electron chi connectivity index (χ3n) is 4.16. The second-order valence-corrected chi connectivity index (χ2v) is 5.82. The van der Waals surface area contributed by atoms with Gasteiger partial charge in [0, 0.05) is 6.42 Å². The third-order valence-corrected chi connectivity index (χ3v) is 4.16. The van der Waals surface area contributed by atoms with Crippen LogP contribution in [0.25, 0.3) is 0 Å². The topological polar surface area (TPSA) is 49.8 Å². The number of likely N-dealkylation sites (tertiary alicyclic amines) is 1. The van der Waals surface area contributed by atoms with Crippen molar-refractivity contribution in [3.63, 3.8) is 0 Å². The first kappa shape index (κ1) is 14.9. The van der Waals surface area contributed by atoms with Gasteiger partial charge in [-0.25, -0.2) is 0 Å². The van der Waals surface area contributed by atoms with Crippen molar-refractivity contribution in [1.29, 1.82) is 0 Å². The minimum Gasteiger partial charge on any atom is -0.496 e. The highest BCUT2D eigenvalue weighted by Gasteiger charge is 2.45. The molecule has 1 fully saturated rings. The molecule has 1 aromatic rings. The molecular formula is C16H23NO3. The maximum Gasteiger partial charge on any atom is 0.223 e. The number of rotatable bonds is 5. The number of hydrogen-bond donors (Lipinski definition) is 1. The van der Waals surface area contributed by atoms with Crippen LogP contribution in [0, 0.1) is 5.92 Å². The quantitative estimate of drug-likeness (QED) is 0.893. The van der Waals surface area contributed by atoms with E-state index in [1.807, 2.05) is 38.1 Å². The summed E-state index contributed by atoms with van der Waals surface area (Å²) in [7, 11) is 1.64. The van der Waals surface area contributed by atoms with Crippen molar-refractivity contribution in [2.24, 2.45) is 5.92 Å². The highest BCUT2D eigenvalue weighted by Crippen LogP contribution is 2.29. The molecule has 110 valence electrons. The molecule has 2 rings (SSSR count). The first-order chi connectivity index (χ1) is 9.46. The molecule has 1 heterocycles. The number of aryl methyl sites for hydroxylation is 1. The van der Waals surface area contributed by atoms with E-state index >= 15 is 0 Å². The summed E-state index contributed by atoms with van der Waals surface area (Å²) in [5, 5.41) is 10.2. The van der Waals surface area contributed by atoms with Crippen LogP contribution < -0.4 is 4.74 Å². The van der Waals surface area contributed by atoms with Gasteiger partial charge in [0.05, 0.1) is 20.2 Å². The summed E-state index contributed by atoms with van der Waals surface area (Å²) in [6, 6.07) is 7.75. The molecule has 0 radical (unpaired) electrons. The largest absolute Gasteiger partial charge is 0.496 e. The van der Waals surface area contributed by atoms with Gasteiger partial charge in [-0.2, -0.15) is 0 Å². The van der Waals surface area contributed by atoms with E-state index in [1.54, 1.807) is 12.0 Å². The highest BCUT2D eigenvalue weighted by atomic mass is 16.5. The van der Waals surface area contributed by atoms with Gasteiger partial charge in [0.25, 0.3) is 0 Å². The van der Waals surface area contributed by atoms with Crippen molar-refractivity contribution >= 4 is 5.91 Å². The number of benzene rings is 1. The van der Waals surface area contributed by atoms with Crippen LogP contribution in [0.2, 0.25) is 0 Å². The Balaban J connectivity index is 1.85. The molecule has 0 bridgehead atoms. The summed E-state index contributed by atoms with van der Waals surface area (Å²) in [4.78, 5) is 13.8. The summed E-state index contributed by atoms with van der Waals surface area (Å²) in [5.41, 5.74) is 0.350. The van der Waals surface area contributed by atoms with Crippen LogP contribution in [0.3, 0.4) is 0 Å². The van der Waals surface area contributed by atoms with Crippen LogP contribution in [0.1, 0.15) is 25.8 Å². The molecule has 1 amide bonds. The summed E-state index contributed by atoms with van der Waals surface area (Å²) < 4.78 is 5.28. The summed E-state index contributed by atoms with van der Waals surface area (Å²) >= 11 is 0. The fourth-order valence-corrected chi connectivity index (χ4v) is 2.47. The number of nitrogens with zero attached hydrogens (tertiary/aromatic N) is 1. The second-order valence-electron chi connectivity index (χ2n) is 5.82. The molecule has 1 aliphatic heterocycles. The zero-order chi connectivity index (χ0) is 14.8. The molecule has 0 spiro atoms. The van der Waals surface area contributed by atoms with E-state index in [4.69, 9.17) is 4.74 Å². The lowest BCUT2D eigenvalue weighted by Crippen LogP contribution is -2.65. The molecule has 1 aliphatic rings. The molecule has 20 heavy (non-hydrogen) atoms. The predicted molar refractivity (Wildman–Crippen MR) is 77.7 cm³/mol. The van der Waals surface area contributed by atoms with Gasteiger partial charge in [0.15, 0.2) is 0 Å². The van der Waals surface area contributed by atoms with Crippen molar-refractivity contribution in [3.05, 3.63) is 29.8 Å². The zero-order valence-electron chi connectivity index (χ0n) is 12.4. The fourth-order valence-electron chi connectivity index (χ4n) is 2.47.